The second-order valence-corrected chi connectivity index (χ2v) is 4.99. The third-order valence-corrected chi connectivity index (χ3v) is 3.48. The molecule has 7 heteroatoms. The smallest absolute Gasteiger partial charge is 0.276 e. The molecular weight excluding hydrogens is 294 g/mol. The van der Waals surface area contributed by atoms with Crippen LogP contribution in [0.2, 0.25) is 5.02 Å². The number of nitrogens with zero attached hydrogens (tertiary/aromatic N) is 1. The van der Waals surface area contributed by atoms with E-state index in [0.29, 0.717) is 21.8 Å². The topological polar surface area (TPSA) is 84.3 Å². The number of carbonyl (C=O) groups excluding carboxylic acids is 1. The Bertz CT molecular complexity index is 748. The molecule has 0 saturated heterocycles. The number of rotatable bonds is 2. The summed E-state index contributed by atoms with van der Waals surface area (Å²) in [6.07, 6.45) is -0.702. The average molecular weight is 304 g/mol. The predicted octanol–water partition coefficient (Wildman–Crippen LogP) is 3.10. The minimum absolute atomic E-state index is 0.100. The van der Waals surface area contributed by atoms with Crippen LogP contribution in [0.4, 0.5) is 11.4 Å². The van der Waals surface area contributed by atoms with Crippen molar-refractivity contribution in [3.05, 3.63) is 68.7 Å². The van der Waals surface area contributed by atoms with E-state index in [0.717, 1.165) is 0 Å². The lowest BCUT2D eigenvalue weighted by Crippen LogP contribution is -2.38. The van der Waals surface area contributed by atoms with E-state index in [4.69, 9.17) is 11.6 Å². The first-order chi connectivity index (χ1) is 10.1. The molecule has 2 aromatic rings. The Morgan fingerprint density at radius 3 is 2.67 bits per heavy atom. The van der Waals surface area contributed by atoms with E-state index in [2.05, 4.69) is 10.6 Å². The van der Waals surface area contributed by atoms with E-state index < -0.39 is 11.1 Å². The van der Waals surface area contributed by atoms with E-state index in [1.54, 1.807) is 24.3 Å². The lowest BCUT2D eigenvalue weighted by atomic mass is 10.0. The molecule has 1 atom stereocenters. The van der Waals surface area contributed by atoms with Crippen LogP contribution in [-0.4, -0.2) is 10.8 Å². The first kappa shape index (κ1) is 13.4. The molecule has 1 aliphatic rings. The fraction of sp³-hybridized carbons (Fsp3) is 0.0714. The first-order valence-electron chi connectivity index (χ1n) is 6.16. The summed E-state index contributed by atoms with van der Waals surface area (Å²) in [5.74, 6) is -0.288. The largest absolute Gasteiger partial charge is 0.361 e. The van der Waals surface area contributed by atoms with Gasteiger partial charge < -0.3 is 10.6 Å². The Morgan fingerprint density at radius 1 is 1.14 bits per heavy atom. The summed E-state index contributed by atoms with van der Waals surface area (Å²) in [5.41, 5.74) is 1.34. The summed E-state index contributed by atoms with van der Waals surface area (Å²) >= 11 is 5.91. The SMILES string of the molecule is O=C1NC(c2cc(Cl)ccc2[N+](=O)[O-])Nc2ccccc21. The Labute approximate surface area is 124 Å². The molecule has 1 unspecified atom stereocenters. The van der Waals surface area contributed by atoms with Crippen LogP contribution in [0.1, 0.15) is 22.1 Å². The molecule has 6 nitrogen and oxygen atoms in total. The van der Waals surface area contributed by atoms with Crippen LogP contribution in [0.5, 0.6) is 0 Å². The van der Waals surface area contributed by atoms with Crippen molar-refractivity contribution in [2.45, 2.75) is 6.17 Å². The Kier molecular flexibility index (Phi) is 3.23. The summed E-state index contributed by atoms with van der Waals surface area (Å²) in [5, 5.41) is 17.3. The maximum absolute atomic E-state index is 12.1. The van der Waals surface area contributed by atoms with Crippen molar-refractivity contribution < 1.29 is 9.72 Å². The van der Waals surface area contributed by atoms with E-state index in [1.807, 2.05) is 0 Å². The van der Waals surface area contributed by atoms with Gasteiger partial charge in [-0.05, 0) is 24.3 Å². The molecule has 0 spiro atoms. The molecular formula is C14H10ClN3O3. The first-order valence-corrected chi connectivity index (χ1v) is 6.54. The number of nitro groups is 1. The fourth-order valence-corrected chi connectivity index (χ4v) is 2.47. The molecule has 0 aliphatic carbocycles. The summed E-state index contributed by atoms with van der Waals surface area (Å²) in [6, 6.07) is 11.2. The van der Waals surface area contributed by atoms with Gasteiger partial charge in [0.05, 0.1) is 16.1 Å². The maximum Gasteiger partial charge on any atom is 0.276 e. The van der Waals surface area contributed by atoms with Crippen molar-refractivity contribution in [3.8, 4) is 0 Å². The lowest BCUT2D eigenvalue weighted by molar-refractivity contribution is -0.385. The van der Waals surface area contributed by atoms with Gasteiger partial charge in [0.15, 0.2) is 0 Å². The highest BCUT2D eigenvalue weighted by molar-refractivity contribution is 6.30. The zero-order valence-corrected chi connectivity index (χ0v) is 11.4. The summed E-state index contributed by atoms with van der Waals surface area (Å²) < 4.78 is 0. The van der Waals surface area contributed by atoms with Crippen molar-refractivity contribution in [2.75, 3.05) is 5.32 Å². The highest BCUT2D eigenvalue weighted by Gasteiger charge is 2.29. The lowest BCUT2D eigenvalue weighted by Gasteiger charge is -2.27. The minimum Gasteiger partial charge on any atom is -0.361 e. The third kappa shape index (κ3) is 2.41. The number of fused-ring (bicyclic) bond motifs is 1. The zero-order chi connectivity index (χ0) is 15.0. The van der Waals surface area contributed by atoms with Gasteiger partial charge >= 0.3 is 0 Å². The van der Waals surface area contributed by atoms with Gasteiger partial charge in [0, 0.05) is 16.8 Å². The Morgan fingerprint density at radius 2 is 1.90 bits per heavy atom. The molecule has 0 aromatic heterocycles. The van der Waals surface area contributed by atoms with Gasteiger partial charge in [-0.3, -0.25) is 14.9 Å². The number of anilines is 1. The predicted molar refractivity (Wildman–Crippen MR) is 78.4 cm³/mol. The van der Waals surface area contributed by atoms with E-state index in [1.165, 1.54) is 18.2 Å². The third-order valence-electron chi connectivity index (χ3n) is 3.24. The number of halogens is 1. The number of nitrogens with one attached hydrogen (secondary N) is 2. The van der Waals surface area contributed by atoms with Crippen molar-refractivity contribution >= 4 is 28.9 Å². The van der Waals surface area contributed by atoms with Crippen LogP contribution in [0, 0.1) is 10.1 Å². The summed E-state index contributed by atoms with van der Waals surface area (Å²) in [6.45, 7) is 0. The van der Waals surface area contributed by atoms with E-state index in [9.17, 15) is 14.9 Å². The second-order valence-electron chi connectivity index (χ2n) is 4.56. The van der Waals surface area contributed by atoms with Gasteiger partial charge in [-0.1, -0.05) is 23.7 Å². The molecule has 2 aromatic carbocycles. The molecule has 106 valence electrons. The highest BCUT2D eigenvalue weighted by atomic mass is 35.5. The molecule has 0 radical (unpaired) electrons. The molecule has 0 saturated carbocycles. The molecule has 0 fully saturated rings. The van der Waals surface area contributed by atoms with Crippen LogP contribution in [0.25, 0.3) is 0 Å². The quantitative estimate of drug-likeness (QED) is 0.659. The van der Waals surface area contributed by atoms with Crippen molar-refractivity contribution in [1.82, 2.24) is 5.32 Å². The number of hydrogen-bond acceptors (Lipinski definition) is 4. The average Bonchev–Trinajstić information content (AvgIpc) is 2.46. The van der Waals surface area contributed by atoms with Crippen LogP contribution < -0.4 is 10.6 Å². The molecule has 1 aliphatic heterocycles. The maximum atomic E-state index is 12.1. The number of hydrogen-bond donors (Lipinski definition) is 2. The molecule has 3 rings (SSSR count). The number of amides is 1. The standard InChI is InChI=1S/C14H10ClN3O3/c15-8-5-6-12(18(20)21)10(7-8)13-16-11-4-2-1-3-9(11)14(19)17-13/h1-7,13,16H,(H,17,19). The number of benzene rings is 2. The molecule has 2 N–H and O–H groups in total. The highest BCUT2D eigenvalue weighted by Crippen LogP contribution is 2.32. The summed E-state index contributed by atoms with van der Waals surface area (Å²) in [7, 11) is 0. The van der Waals surface area contributed by atoms with Crippen LogP contribution in [0.3, 0.4) is 0 Å². The van der Waals surface area contributed by atoms with Crippen LogP contribution in [-0.2, 0) is 0 Å². The normalized spacial score (nSPS) is 16.6. The zero-order valence-electron chi connectivity index (χ0n) is 10.7. The van der Waals surface area contributed by atoms with Crippen LogP contribution >= 0.6 is 11.6 Å². The number of nitro benzene ring substituents is 1. The Balaban J connectivity index is 2.05. The van der Waals surface area contributed by atoms with Crippen molar-refractivity contribution in [2.24, 2.45) is 0 Å². The minimum atomic E-state index is -0.702. The fourth-order valence-electron chi connectivity index (χ4n) is 2.29. The van der Waals surface area contributed by atoms with Crippen molar-refractivity contribution in [1.29, 1.82) is 0 Å². The molecule has 1 heterocycles. The molecule has 1 amide bonds. The van der Waals surface area contributed by atoms with Gasteiger partial charge in [-0.25, -0.2) is 0 Å². The van der Waals surface area contributed by atoms with Crippen LogP contribution in [0.15, 0.2) is 42.5 Å². The van der Waals surface area contributed by atoms with E-state index in [-0.39, 0.29) is 11.6 Å². The van der Waals surface area contributed by atoms with Gasteiger partial charge in [-0.15, -0.1) is 0 Å². The second kappa shape index (κ2) is 5.06. The van der Waals surface area contributed by atoms with Gasteiger partial charge in [-0.2, -0.15) is 0 Å². The monoisotopic (exact) mass is 303 g/mol. The van der Waals surface area contributed by atoms with Gasteiger partial charge in [0.2, 0.25) is 0 Å². The van der Waals surface area contributed by atoms with Gasteiger partial charge in [0.1, 0.15) is 6.17 Å². The summed E-state index contributed by atoms with van der Waals surface area (Å²) in [4.78, 5) is 22.7. The number of para-hydroxylation sites is 1. The van der Waals surface area contributed by atoms with Crippen molar-refractivity contribution in [3.63, 3.8) is 0 Å². The molecule has 0 bridgehead atoms. The number of carbonyl (C=O) groups is 1. The molecule has 21 heavy (non-hydrogen) atoms. The Hall–Kier alpha value is -2.60. The van der Waals surface area contributed by atoms with E-state index >= 15 is 0 Å². The van der Waals surface area contributed by atoms with Gasteiger partial charge in [0.25, 0.3) is 11.6 Å².